The van der Waals surface area contributed by atoms with Crippen molar-refractivity contribution in [3.05, 3.63) is 98.9 Å². The minimum absolute atomic E-state index is 0.0863. The molecule has 156 valence electrons. The third kappa shape index (κ3) is 4.84. The number of rotatable bonds is 4. The molecule has 0 saturated heterocycles. The van der Waals surface area contributed by atoms with Crippen LogP contribution in [0.25, 0.3) is 6.08 Å². The summed E-state index contributed by atoms with van der Waals surface area (Å²) in [5.74, 6) is -0.276. The zero-order valence-electron chi connectivity index (χ0n) is 17.2. The van der Waals surface area contributed by atoms with Crippen LogP contribution in [-0.4, -0.2) is 18.9 Å². The summed E-state index contributed by atoms with van der Waals surface area (Å²) in [6.45, 7) is 2.44. The van der Waals surface area contributed by atoms with Crippen molar-refractivity contribution in [3.8, 4) is 0 Å². The number of likely N-dealkylation sites (N-methyl/N-ethyl adjacent to an activating group) is 1. The van der Waals surface area contributed by atoms with Crippen LogP contribution in [0.4, 0.5) is 5.69 Å². The molecule has 6 heteroatoms. The van der Waals surface area contributed by atoms with E-state index >= 15 is 0 Å². The number of thioether (sulfide) groups is 1. The van der Waals surface area contributed by atoms with Crippen LogP contribution in [0.3, 0.4) is 0 Å². The molecule has 3 aromatic rings. The van der Waals surface area contributed by atoms with Crippen LogP contribution in [0.2, 0.25) is 5.02 Å². The maximum Gasteiger partial charge on any atom is 0.264 e. The van der Waals surface area contributed by atoms with Gasteiger partial charge >= 0.3 is 0 Å². The predicted molar refractivity (Wildman–Crippen MR) is 127 cm³/mol. The highest BCUT2D eigenvalue weighted by Crippen LogP contribution is 2.42. The van der Waals surface area contributed by atoms with Crippen LogP contribution in [0.15, 0.2) is 76.5 Å². The number of aryl methyl sites for hydroxylation is 1. The number of fused-ring (bicyclic) bond motifs is 1. The number of carbonyl (C=O) groups is 2. The molecule has 0 aromatic heterocycles. The molecule has 1 aliphatic heterocycles. The number of hydrogen-bond donors (Lipinski definition) is 1. The number of carbonyl (C=O) groups excluding carboxylic acids is 2. The van der Waals surface area contributed by atoms with Crippen molar-refractivity contribution in [2.45, 2.75) is 18.4 Å². The Hall–Kier alpha value is -3.02. The molecule has 0 spiro atoms. The van der Waals surface area contributed by atoms with Gasteiger partial charge in [-0.15, -0.1) is 0 Å². The van der Waals surface area contributed by atoms with Crippen LogP contribution >= 0.6 is 23.4 Å². The van der Waals surface area contributed by atoms with Crippen LogP contribution in [0, 0.1) is 6.92 Å². The van der Waals surface area contributed by atoms with E-state index in [0.717, 1.165) is 21.7 Å². The molecule has 0 atom stereocenters. The summed E-state index contributed by atoms with van der Waals surface area (Å²) in [6.07, 6.45) is 1.90. The summed E-state index contributed by atoms with van der Waals surface area (Å²) in [5.41, 5.74) is 4.36. The lowest BCUT2D eigenvalue weighted by atomic mass is 10.1. The molecule has 1 heterocycles. The second-order valence-electron chi connectivity index (χ2n) is 7.38. The molecule has 0 bridgehead atoms. The van der Waals surface area contributed by atoms with Crippen molar-refractivity contribution in [1.29, 1.82) is 0 Å². The third-order valence-electron chi connectivity index (χ3n) is 5.06. The zero-order chi connectivity index (χ0) is 22.0. The summed E-state index contributed by atoms with van der Waals surface area (Å²) in [5, 5.41) is 3.57. The van der Waals surface area contributed by atoms with E-state index in [1.165, 1.54) is 17.3 Å². The third-order valence-corrected chi connectivity index (χ3v) is 6.39. The molecule has 0 fully saturated rings. The monoisotopic (exact) mass is 448 g/mol. The number of nitrogens with zero attached hydrogens (tertiary/aromatic N) is 1. The van der Waals surface area contributed by atoms with Crippen molar-refractivity contribution >= 4 is 46.9 Å². The Morgan fingerprint density at radius 2 is 1.77 bits per heavy atom. The van der Waals surface area contributed by atoms with Crippen LogP contribution in [0.5, 0.6) is 0 Å². The average Bonchev–Trinajstić information content (AvgIpc) is 2.78. The number of hydrogen-bond acceptors (Lipinski definition) is 3. The van der Waals surface area contributed by atoms with Gasteiger partial charge in [-0.2, -0.15) is 0 Å². The van der Waals surface area contributed by atoms with Crippen molar-refractivity contribution in [3.63, 3.8) is 0 Å². The number of benzene rings is 3. The Kier molecular flexibility index (Phi) is 6.16. The molecule has 0 saturated carbocycles. The fourth-order valence-electron chi connectivity index (χ4n) is 3.24. The molecule has 31 heavy (non-hydrogen) atoms. The Morgan fingerprint density at radius 3 is 2.48 bits per heavy atom. The minimum Gasteiger partial charge on any atom is -0.348 e. The van der Waals surface area contributed by atoms with E-state index in [0.29, 0.717) is 22.0 Å². The minimum atomic E-state index is -0.190. The lowest BCUT2D eigenvalue weighted by Crippen LogP contribution is -2.31. The highest BCUT2D eigenvalue weighted by Gasteiger charge is 2.27. The molecular formula is C25H21ClN2O2S. The van der Waals surface area contributed by atoms with Gasteiger partial charge in [0, 0.05) is 29.1 Å². The molecule has 1 N–H and O–H groups in total. The highest BCUT2D eigenvalue weighted by molar-refractivity contribution is 8.04. The number of halogens is 1. The lowest BCUT2D eigenvalue weighted by Gasteiger charge is -2.27. The topological polar surface area (TPSA) is 49.4 Å². The Morgan fingerprint density at radius 1 is 1.06 bits per heavy atom. The molecule has 1 aliphatic rings. The van der Waals surface area contributed by atoms with Gasteiger partial charge in [-0.05, 0) is 54.5 Å². The fraction of sp³-hybridized carbons (Fsp3) is 0.120. The summed E-state index contributed by atoms with van der Waals surface area (Å²) in [4.78, 5) is 28.7. The van der Waals surface area contributed by atoms with E-state index in [-0.39, 0.29) is 11.8 Å². The SMILES string of the molecule is Cc1ccc(/C=C2\Sc3ccc(C(=O)NCc4ccc(Cl)cc4)cc3N(C)C2=O)cc1. The van der Waals surface area contributed by atoms with Crippen molar-refractivity contribution < 1.29 is 9.59 Å². The first kappa shape index (κ1) is 21.2. The second-order valence-corrected chi connectivity index (χ2v) is 8.90. The van der Waals surface area contributed by atoms with E-state index in [4.69, 9.17) is 11.6 Å². The van der Waals surface area contributed by atoms with E-state index < -0.39 is 0 Å². The van der Waals surface area contributed by atoms with Crippen molar-refractivity contribution in [1.82, 2.24) is 5.32 Å². The number of anilines is 1. The molecule has 0 unspecified atom stereocenters. The van der Waals surface area contributed by atoms with Crippen LogP contribution < -0.4 is 10.2 Å². The first-order valence-corrected chi connectivity index (χ1v) is 11.0. The molecule has 4 rings (SSSR count). The van der Waals surface area contributed by atoms with E-state index in [9.17, 15) is 9.59 Å². The van der Waals surface area contributed by atoms with Gasteiger partial charge in [0.05, 0.1) is 10.6 Å². The van der Waals surface area contributed by atoms with Crippen molar-refractivity contribution in [2.24, 2.45) is 0 Å². The maximum atomic E-state index is 12.9. The van der Waals surface area contributed by atoms with Crippen LogP contribution in [-0.2, 0) is 11.3 Å². The average molecular weight is 449 g/mol. The molecular weight excluding hydrogens is 428 g/mol. The summed E-state index contributed by atoms with van der Waals surface area (Å²) in [6, 6.07) is 20.8. The quantitative estimate of drug-likeness (QED) is 0.522. The summed E-state index contributed by atoms with van der Waals surface area (Å²) < 4.78 is 0. The smallest absolute Gasteiger partial charge is 0.264 e. The number of nitrogens with one attached hydrogen (secondary N) is 1. The van der Waals surface area contributed by atoms with Gasteiger partial charge < -0.3 is 10.2 Å². The predicted octanol–water partition coefficient (Wildman–Crippen LogP) is 5.69. The molecule has 4 nitrogen and oxygen atoms in total. The van der Waals surface area contributed by atoms with Gasteiger partial charge in [0.25, 0.3) is 11.8 Å². The normalized spacial score (nSPS) is 14.5. The lowest BCUT2D eigenvalue weighted by molar-refractivity contribution is -0.114. The van der Waals surface area contributed by atoms with E-state index in [1.54, 1.807) is 36.2 Å². The Bertz CT molecular complexity index is 1170. The molecule has 3 aromatic carbocycles. The van der Waals surface area contributed by atoms with Gasteiger partial charge in [-0.25, -0.2) is 0 Å². The van der Waals surface area contributed by atoms with Gasteiger partial charge in [0.2, 0.25) is 0 Å². The first-order valence-electron chi connectivity index (χ1n) is 9.82. The summed E-state index contributed by atoms with van der Waals surface area (Å²) in [7, 11) is 1.74. The zero-order valence-corrected chi connectivity index (χ0v) is 18.8. The van der Waals surface area contributed by atoms with Gasteiger partial charge in [-0.1, -0.05) is 65.3 Å². The second kappa shape index (κ2) is 9.00. The fourth-order valence-corrected chi connectivity index (χ4v) is 4.45. The number of amides is 2. The standard InChI is InChI=1S/C25H21ClN2O2S/c1-16-3-5-17(6-4-16)13-23-25(30)28(2)21-14-19(9-12-22(21)31-23)24(29)27-15-18-7-10-20(26)11-8-18/h3-14H,15H2,1-2H3,(H,27,29)/b23-13-. The van der Waals surface area contributed by atoms with E-state index in [1.807, 2.05) is 55.5 Å². The van der Waals surface area contributed by atoms with Gasteiger partial charge in [0.15, 0.2) is 0 Å². The largest absolute Gasteiger partial charge is 0.348 e. The first-order chi connectivity index (χ1) is 14.9. The Labute approximate surface area is 190 Å². The van der Waals surface area contributed by atoms with Gasteiger partial charge in [0.1, 0.15) is 0 Å². The van der Waals surface area contributed by atoms with Crippen LogP contribution in [0.1, 0.15) is 27.0 Å². The van der Waals surface area contributed by atoms with E-state index in [2.05, 4.69) is 5.32 Å². The maximum absolute atomic E-state index is 12.9. The summed E-state index contributed by atoms with van der Waals surface area (Å²) >= 11 is 7.32. The van der Waals surface area contributed by atoms with Crippen molar-refractivity contribution in [2.75, 3.05) is 11.9 Å². The molecule has 0 aliphatic carbocycles. The van der Waals surface area contributed by atoms with Gasteiger partial charge in [-0.3, -0.25) is 9.59 Å². The molecule has 2 amide bonds. The molecule has 0 radical (unpaired) electrons. The Balaban J connectivity index is 1.52. The highest BCUT2D eigenvalue weighted by atomic mass is 35.5.